The van der Waals surface area contributed by atoms with Crippen LogP contribution in [0.4, 0.5) is 0 Å². The van der Waals surface area contributed by atoms with E-state index in [2.05, 4.69) is 54.7 Å². The molecule has 0 bridgehead atoms. The van der Waals surface area contributed by atoms with Gasteiger partial charge in [0.15, 0.2) is 0 Å². The molecule has 1 N–H and O–H groups in total. The highest BCUT2D eigenvalue weighted by Crippen LogP contribution is 2.41. The van der Waals surface area contributed by atoms with E-state index in [0.29, 0.717) is 12.0 Å². The van der Waals surface area contributed by atoms with Gasteiger partial charge in [0.1, 0.15) is 0 Å². The van der Waals surface area contributed by atoms with Gasteiger partial charge in [0.25, 0.3) is 0 Å². The number of halogens is 1. The minimum Gasteiger partial charge on any atom is -0.309 e. The Balaban J connectivity index is 1.93. The fourth-order valence-electron chi connectivity index (χ4n) is 3.43. The third kappa shape index (κ3) is 3.14. The maximum absolute atomic E-state index is 6.20. The molecule has 0 aliphatic heterocycles. The van der Waals surface area contributed by atoms with Crippen LogP contribution in [0.15, 0.2) is 48.5 Å². The van der Waals surface area contributed by atoms with Crippen molar-refractivity contribution in [3.63, 3.8) is 0 Å². The quantitative estimate of drug-likeness (QED) is 0.809. The van der Waals surface area contributed by atoms with Crippen LogP contribution in [0.3, 0.4) is 0 Å². The normalized spacial score (nSPS) is 18.5. The van der Waals surface area contributed by atoms with Crippen molar-refractivity contribution in [1.29, 1.82) is 0 Å². The van der Waals surface area contributed by atoms with Gasteiger partial charge in [-0.25, -0.2) is 0 Å². The smallest absolute Gasteiger partial charge is 0.0409 e. The molecule has 0 aromatic heterocycles. The van der Waals surface area contributed by atoms with Crippen molar-refractivity contribution in [3.05, 3.63) is 70.2 Å². The summed E-state index contributed by atoms with van der Waals surface area (Å²) in [6, 6.07) is 17.5. The molecule has 2 aromatic carbocycles. The first-order valence-corrected chi connectivity index (χ1v) is 8.24. The summed E-state index contributed by atoms with van der Waals surface area (Å²) in [5.41, 5.74) is 4.32. The Hall–Kier alpha value is -1.31. The second kappa shape index (κ2) is 6.64. The van der Waals surface area contributed by atoms with E-state index in [1.165, 1.54) is 29.5 Å². The lowest BCUT2D eigenvalue weighted by atomic mass is 9.88. The summed E-state index contributed by atoms with van der Waals surface area (Å²) in [7, 11) is 0. The monoisotopic (exact) mass is 299 g/mol. The van der Waals surface area contributed by atoms with Gasteiger partial charge in [0.05, 0.1) is 0 Å². The summed E-state index contributed by atoms with van der Waals surface area (Å²) < 4.78 is 0. The summed E-state index contributed by atoms with van der Waals surface area (Å²) in [4.78, 5) is 0. The average Bonchev–Trinajstić information content (AvgIpc) is 2.92. The van der Waals surface area contributed by atoms with E-state index in [9.17, 15) is 0 Å². The molecule has 0 radical (unpaired) electrons. The van der Waals surface area contributed by atoms with Crippen molar-refractivity contribution in [2.24, 2.45) is 0 Å². The van der Waals surface area contributed by atoms with E-state index >= 15 is 0 Å². The minimum atomic E-state index is 0.354. The summed E-state index contributed by atoms with van der Waals surface area (Å²) >= 11 is 6.20. The van der Waals surface area contributed by atoms with Gasteiger partial charge in [0.2, 0.25) is 0 Å². The maximum atomic E-state index is 6.20. The molecule has 0 fully saturated rings. The number of benzene rings is 2. The van der Waals surface area contributed by atoms with E-state index in [1.807, 2.05) is 6.07 Å². The Morgan fingerprint density at radius 3 is 2.86 bits per heavy atom. The Kier molecular flexibility index (Phi) is 4.62. The minimum absolute atomic E-state index is 0.354. The molecule has 2 heteroatoms. The van der Waals surface area contributed by atoms with Gasteiger partial charge in [0, 0.05) is 17.0 Å². The van der Waals surface area contributed by atoms with Crippen molar-refractivity contribution in [2.75, 3.05) is 6.54 Å². The standard InChI is InChI=1S/C19H22ClN/c1-2-12-21-19(15-7-5-8-16(20)13-15)18-11-10-14-6-3-4-9-17(14)18/h3-9,13,18-19,21H,2,10-12H2,1H3. The van der Waals surface area contributed by atoms with Gasteiger partial charge < -0.3 is 5.32 Å². The van der Waals surface area contributed by atoms with Gasteiger partial charge in [-0.15, -0.1) is 0 Å². The van der Waals surface area contributed by atoms with Gasteiger partial charge in [-0.2, -0.15) is 0 Å². The molecular formula is C19H22ClN. The highest BCUT2D eigenvalue weighted by molar-refractivity contribution is 6.30. The number of hydrogen-bond donors (Lipinski definition) is 1. The summed E-state index contributed by atoms with van der Waals surface area (Å²) in [6.45, 7) is 3.25. The first-order valence-electron chi connectivity index (χ1n) is 7.86. The second-order valence-corrected chi connectivity index (χ2v) is 6.27. The van der Waals surface area contributed by atoms with Crippen molar-refractivity contribution < 1.29 is 0 Å². The third-order valence-corrected chi connectivity index (χ3v) is 4.64. The van der Waals surface area contributed by atoms with Crippen LogP contribution in [0, 0.1) is 0 Å². The number of fused-ring (bicyclic) bond motifs is 1. The first-order chi connectivity index (χ1) is 10.3. The Bertz CT molecular complexity index is 608. The SMILES string of the molecule is CCCNC(c1cccc(Cl)c1)C1CCc2ccccc21. The van der Waals surface area contributed by atoms with Gasteiger partial charge in [-0.1, -0.05) is 54.9 Å². The van der Waals surface area contributed by atoms with E-state index in [4.69, 9.17) is 11.6 Å². The van der Waals surface area contributed by atoms with Gasteiger partial charge in [-0.05, 0) is 54.6 Å². The molecule has 2 atom stereocenters. The molecule has 1 aliphatic rings. The Labute approximate surface area is 132 Å². The lowest BCUT2D eigenvalue weighted by molar-refractivity contribution is 0.442. The predicted molar refractivity (Wildman–Crippen MR) is 90.0 cm³/mol. The van der Waals surface area contributed by atoms with E-state index in [-0.39, 0.29) is 0 Å². The zero-order valence-electron chi connectivity index (χ0n) is 12.5. The van der Waals surface area contributed by atoms with E-state index < -0.39 is 0 Å². The number of hydrogen-bond acceptors (Lipinski definition) is 1. The van der Waals surface area contributed by atoms with Crippen LogP contribution in [0.5, 0.6) is 0 Å². The van der Waals surface area contributed by atoms with Gasteiger partial charge in [-0.3, -0.25) is 0 Å². The predicted octanol–water partition coefficient (Wildman–Crippen LogP) is 5.11. The molecule has 2 unspecified atom stereocenters. The molecule has 21 heavy (non-hydrogen) atoms. The number of aryl methyl sites for hydroxylation is 1. The lowest BCUT2D eigenvalue weighted by Gasteiger charge is -2.26. The van der Waals surface area contributed by atoms with Crippen LogP contribution in [-0.2, 0) is 6.42 Å². The zero-order chi connectivity index (χ0) is 14.7. The molecule has 1 nitrogen and oxygen atoms in total. The maximum Gasteiger partial charge on any atom is 0.0409 e. The summed E-state index contributed by atoms with van der Waals surface area (Å²) in [5, 5.41) is 4.56. The van der Waals surface area contributed by atoms with Crippen LogP contribution in [-0.4, -0.2) is 6.54 Å². The van der Waals surface area contributed by atoms with Crippen LogP contribution in [0.2, 0.25) is 5.02 Å². The molecule has 110 valence electrons. The highest BCUT2D eigenvalue weighted by atomic mass is 35.5. The Morgan fingerprint density at radius 2 is 2.05 bits per heavy atom. The topological polar surface area (TPSA) is 12.0 Å². The van der Waals surface area contributed by atoms with Crippen LogP contribution in [0.25, 0.3) is 0 Å². The van der Waals surface area contributed by atoms with Crippen molar-refractivity contribution in [1.82, 2.24) is 5.32 Å². The van der Waals surface area contributed by atoms with Crippen LogP contribution < -0.4 is 5.32 Å². The highest BCUT2D eigenvalue weighted by Gasteiger charge is 2.30. The second-order valence-electron chi connectivity index (χ2n) is 5.83. The fourth-order valence-corrected chi connectivity index (χ4v) is 3.63. The number of rotatable bonds is 5. The fraction of sp³-hybridized carbons (Fsp3) is 0.368. The van der Waals surface area contributed by atoms with E-state index in [0.717, 1.165) is 18.0 Å². The average molecular weight is 300 g/mol. The molecule has 0 amide bonds. The molecule has 0 saturated heterocycles. The first kappa shape index (κ1) is 14.6. The molecule has 0 saturated carbocycles. The molecule has 0 spiro atoms. The number of nitrogens with one attached hydrogen (secondary N) is 1. The molecular weight excluding hydrogens is 278 g/mol. The summed E-state index contributed by atoms with van der Waals surface area (Å²) in [5.74, 6) is 0.547. The molecule has 1 aliphatic carbocycles. The van der Waals surface area contributed by atoms with Crippen molar-refractivity contribution in [2.45, 2.75) is 38.1 Å². The molecule has 2 aromatic rings. The van der Waals surface area contributed by atoms with E-state index in [1.54, 1.807) is 0 Å². The van der Waals surface area contributed by atoms with Crippen LogP contribution in [0.1, 0.15) is 48.4 Å². The summed E-state index contributed by atoms with van der Waals surface area (Å²) in [6.07, 6.45) is 3.55. The molecule has 3 rings (SSSR count). The van der Waals surface area contributed by atoms with Crippen molar-refractivity contribution in [3.8, 4) is 0 Å². The van der Waals surface area contributed by atoms with Crippen molar-refractivity contribution >= 4 is 11.6 Å². The van der Waals surface area contributed by atoms with Crippen LogP contribution >= 0.6 is 11.6 Å². The molecule has 0 heterocycles. The third-order valence-electron chi connectivity index (χ3n) is 4.40. The largest absolute Gasteiger partial charge is 0.309 e. The zero-order valence-corrected chi connectivity index (χ0v) is 13.2. The van der Waals surface area contributed by atoms with Gasteiger partial charge >= 0.3 is 0 Å². The Morgan fingerprint density at radius 1 is 1.19 bits per heavy atom. The lowest BCUT2D eigenvalue weighted by Crippen LogP contribution is -2.27.